The van der Waals surface area contributed by atoms with Gasteiger partial charge in [0.05, 0.1) is 11.5 Å². The number of ether oxygens (including phenoxy) is 1. The van der Waals surface area contributed by atoms with Crippen LogP contribution in [0.5, 0.6) is 0 Å². The van der Waals surface area contributed by atoms with Crippen molar-refractivity contribution >= 4 is 12.2 Å². The average Bonchev–Trinajstić information content (AvgIpc) is 2.19. The molecule has 1 aromatic carbocycles. The smallest absolute Gasteiger partial charge is 0.293 e. The highest BCUT2D eigenvalue weighted by atomic mass is 16.6. The van der Waals surface area contributed by atoms with Crippen LogP contribution < -0.4 is 0 Å². The van der Waals surface area contributed by atoms with E-state index in [4.69, 9.17) is 0 Å². The minimum absolute atomic E-state index is 0.0602. The summed E-state index contributed by atoms with van der Waals surface area (Å²) < 4.78 is 4.50. The summed E-state index contributed by atoms with van der Waals surface area (Å²) in [5.41, 5.74) is 0.961. The fraction of sp³-hybridized carbons (Fsp3) is 0.222. The Balaban J connectivity index is 2.55. The third-order valence-electron chi connectivity index (χ3n) is 1.72. The van der Waals surface area contributed by atoms with Gasteiger partial charge in [0.15, 0.2) is 0 Å². The normalized spacial score (nSPS) is 9.43. The maximum Gasteiger partial charge on any atom is 0.293 e. The maximum absolute atomic E-state index is 10.3. The van der Waals surface area contributed by atoms with Crippen LogP contribution in [0.1, 0.15) is 5.56 Å². The fourth-order valence-corrected chi connectivity index (χ4v) is 1.01. The molecule has 74 valence electrons. The lowest BCUT2D eigenvalue weighted by atomic mass is 10.1. The first kappa shape index (κ1) is 10.2. The van der Waals surface area contributed by atoms with Crippen LogP contribution in [0.4, 0.5) is 5.69 Å². The summed E-state index contributed by atoms with van der Waals surface area (Å²) in [7, 11) is 0. The van der Waals surface area contributed by atoms with Crippen LogP contribution in [0, 0.1) is 10.1 Å². The molecule has 1 rings (SSSR count). The van der Waals surface area contributed by atoms with Gasteiger partial charge in [-0.25, -0.2) is 0 Å². The van der Waals surface area contributed by atoms with Crippen LogP contribution in [0.15, 0.2) is 24.3 Å². The zero-order valence-electron chi connectivity index (χ0n) is 7.38. The Morgan fingerprint density at radius 1 is 1.36 bits per heavy atom. The van der Waals surface area contributed by atoms with Crippen LogP contribution in [0.3, 0.4) is 0 Å². The van der Waals surface area contributed by atoms with E-state index in [0.717, 1.165) is 5.56 Å². The van der Waals surface area contributed by atoms with Crippen molar-refractivity contribution in [1.29, 1.82) is 0 Å². The Morgan fingerprint density at radius 3 is 2.50 bits per heavy atom. The van der Waals surface area contributed by atoms with E-state index >= 15 is 0 Å². The van der Waals surface area contributed by atoms with Crippen molar-refractivity contribution in [2.75, 3.05) is 6.61 Å². The number of nitrogens with zero attached hydrogens (tertiary/aromatic N) is 1. The Morgan fingerprint density at radius 2 is 2.00 bits per heavy atom. The van der Waals surface area contributed by atoms with Crippen molar-refractivity contribution in [3.8, 4) is 0 Å². The molecule has 0 saturated heterocycles. The van der Waals surface area contributed by atoms with Gasteiger partial charge in [-0.3, -0.25) is 14.9 Å². The Kier molecular flexibility index (Phi) is 3.60. The van der Waals surface area contributed by atoms with E-state index in [2.05, 4.69) is 4.74 Å². The first-order valence-electron chi connectivity index (χ1n) is 4.02. The van der Waals surface area contributed by atoms with Gasteiger partial charge < -0.3 is 4.74 Å². The van der Waals surface area contributed by atoms with E-state index in [-0.39, 0.29) is 5.69 Å². The molecule has 0 aliphatic carbocycles. The van der Waals surface area contributed by atoms with E-state index in [0.29, 0.717) is 19.5 Å². The highest BCUT2D eigenvalue weighted by Crippen LogP contribution is 2.11. The molecule has 0 heterocycles. The van der Waals surface area contributed by atoms with Gasteiger partial charge in [-0.15, -0.1) is 0 Å². The number of nitro groups is 1. The molecule has 0 saturated carbocycles. The SMILES string of the molecule is O=COCCc1ccc([N+](=O)[O-])cc1. The predicted molar refractivity (Wildman–Crippen MR) is 48.8 cm³/mol. The highest BCUT2D eigenvalue weighted by molar-refractivity contribution is 5.37. The van der Waals surface area contributed by atoms with Gasteiger partial charge in [-0.05, 0) is 5.56 Å². The molecule has 0 spiro atoms. The van der Waals surface area contributed by atoms with E-state index in [1.807, 2.05) is 0 Å². The van der Waals surface area contributed by atoms with Gasteiger partial charge in [0.1, 0.15) is 0 Å². The molecule has 0 radical (unpaired) electrons. The molecule has 0 N–H and O–H groups in total. The molecule has 0 aromatic heterocycles. The molecule has 5 heteroatoms. The second kappa shape index (κ2) is 4.96. The van der Waals surface area contributed by atoms with E-state index in [1.54, 1.807) is 12.1 Å². The molecule has 1 aromatic rings. The van der Waals surface area contributed by atoms with E-state index in [1.165, 1.54) is 12.1 Å². The molecule has 0 aliphatic rings. The number of hydrogen-bond donors (Lipinski definition) is 0. The maximum atomic E-state index is 10.3. The lowest BCUT2D eigenvalue weighted by molar-refractivity contribution is -0.384. The number of carbonyl (C=O) groups is 1. The van der Waals surface area contributed by atoms with Crippen LogP contribution in [0.2, 0.25) is 0 Å². The van der Waals surface area contributed by atoms with Gasteiger partial charge >= 0.3 is 0 Å². The predicted octanol–water partition coefficient (Wildman–Crippen LogP) is 1.31. The summed E-state index contributed by atoms with van der Waals surface area (Å²) >= 11 is 0. The molecule has 0 amide bonds. The van der Waals surface area contributed by atoms with Gasteiger partial charge in [-0.1, -0.05) is 12.1 Å². The van der Waals surface area contributed by atoms with Crippen molar-refractivity contribution in [2.24, 2.45) is 0 Å². The van der Waals surface area contributed by atoms with Gasteiger partial charge in [0.2, 0.25) is 0 Å². The van der Waals surface area contributed by atoms with Crippen LogP contribution in [-0.4, -0.2) is 18.0 Å². The summed E-state index contributed by atoms with van der Waals surface area (Å²) in [5, 5.41) is 10.3. The summed E-state index contributed by atoms with van der Waals surface area (Å²) in [6.45, 7) is 0.673. The summed E-state index contributed by atoms with van der Waals surface area (Å²) in [6, 6.07) is 6.14. The third kappa shape index (κ3) is 2.85. The Labute approximate surface area is 80.5 Å². The van der Waals surface area contributed by atoms with Crippen molar-refractivity contribution in [3.63, 3.8) is 0 Å². The van der Waals surface area contributed by atoms with Gasteiger partial charge in [0, 0.05) is 18.6 Å². The number of non-ortho nitro benzene ring substituents is 1. The molecule has 5 nitrogen and oxygen atoms in total. The first-order chi connectivity index (χ1) is 6.74. The number of nitro benzene ring substituents is 1. The minimum Gasteiger partial charge on any atom is -0.468 e. The number of hydrogen-bond acceptors (Lipinski definition) is 4. The van der Waals surface area contributed by atoms with Crippen molar-refractivity contribution in [2.45, 2.75) is 6.42 Å². The largest absolute Gasteiger partial charge is 0.468 e. The number of carbonyl (C=O) groups excluding carboxylic acids is 1. The summed E-state index contributed by atoms with van der Waals surface area (Å²) in [6.07, 6.45) is 0.566. The van der Waals surface area contributed by atoms with E-state index < -0.39 is 4.92 Å². The second-order valence-electron chi connectivity index (χ2n) is 2.64. The monoisotopic (exact) mass is 195 g/mol. The first-order valence-corrected chi connectivity index (χ1v) is 4.02. The lowest BCUT2D eigenvalue weighted by Gasteiger charge is -1.99. The average molecular weight is 195 g/mol. The summed E-state index contributed by atoms with van der Waals surface area (Å²) in [5.74, 6) is 0. The van der Waals surface area contributed by atoms with Crippen LogP contribution in [-0.2, 0) is 16.0 Å². The summed E-state index contributed by atoms with van der Waals surface area (Å²) in [4.78, 5) is 19.7. The minimum atomic E-state index is -0.453. The molecular weight excluding hydrogens is 186 g/mol. The molecule has 0 bridgehead atoms. The Bertz CT molecular complexity index is 320. The number of benzene rings is 1. The topological polar surface area (TPSA) is 69.4 Å². The Hall–Kier alpha value is -1.91. The molecule has 0 unspecified atom stereocenters. The van der Waals surface area contributed by atoms with Gasteiger partial charge in [0.25, 0.3) is 12.2 Å². The lowest BCUT2D eigenvalue weighted by Crippen LogP contribution is -1.96. The molecule has 0 aliphatic heterocycles. The second-order valence-corrected chi connectivity index (χ2v) is 2.64. The standard InChI is InChI=1S/C9H9NO4/c11-7-14-6-5-8-1-3-9(4-2-8)10(12)13/h1-4,7H,5-6H2. The van der Waals surface area contributed by atoms with Crippen molar-refractivity contribution in [3.05, 3.63) is 39.9 Å². The highest BCUT2D eigenvalue weighted by Gasteiger charge is 2.03. The molecule has 0 atom stereocenters. The quantitative estimate of drug-likeness (QED) is 0.307. The van der Waals surface area contributed by atoms with Gasteiger partial charge in [-0.2, -0.15) is 0 Å². The van der Waals surface area contributed by atoms with Crippen molar-refractivity contribution < 1.29 is 14.5 Å². The molecule has 14 heavy (non-hydrogen) atoms. The molecular formula is C9H9NO4. The van der Waals surface area contributed by atoms with Crippen LogP contribution in [0.25, 0.3) is 0 Å². The van der Waals surface area contributed by atoms with Crippen molar-refractivity contribution in [1.82, 2.24) is 0 Å². The fourth-order valence-electron chi connectivity index (χ4n) is 1.01. The zero-order valence-corrected chi connectivity index (χ0v) is 7.38. The van der Waals surface area contributed by atoms with E-state index in [9.17, 15) is 14.9 Å². The third-order valence-corrected chi connectivity index (χ3v) is 1.72. The van der Waals surface area contributed by atoms with Crippen LogP contribution >= 0.6 is 0 Å². The molecule has 0 fully saturated rings. The number of rotatable bonds is 5. The zero-order chi connectivity index (χ0) is 10.4.